The topological polar surface area (TPSA) is 119 Å². The van der Waals surface area contributed by atoms with Crippen molar-refractivity contribution in [2.24, 2.45) is 0 Å². The van der Waals surface area contributed by atoms with Gasteiger partial charge in [-0.05, 0) is 31.5 Å². The van der Waals surface area contributed by atoms with Crippen LogP contribution in [0.15, 0.2) is 23.0 Å². The van der Waals surface area contributed by atoms with Gasteiger partial charge >= 0.3 is 0 Å². The highest BCUT2D eigenvalue weighted by Crippen LogP contribution is 2.30. The number of rotatable bonds is 4. The Morgan fingerprint density at radius 3 is 2.70 bits per heavy atom. The summed E-state index contributed by atoms with van der Waals surface area (Å²) in [6.45, 7) is 6.93. The van der Waals surface area contributed by atoms with Gasteiger partial charge in [-0.1, -0.05) is 0 Å². The normalized spacial score (nSPS) is 14.8. The minimum atomic E-state index is -0.419. The van der Waals surface area contributed by atoms with Crippen molar-refractivity contribution >= 4 is 32.9 Å². The Bertz CT molecular complexity index is 1230. The van der Waals surface area contributed by atoms with Crippen molar-refractivity contribution in [1.29, 1.82) is 5.26 Å². The molecule has 1 aliphatic rings. The summed E-state index contributed by atoms with van der Waals surface area (Å²) in [7, 11) is 0. The molecule has 1 aromatic carbocycles. The fraction of sp³-hybridized carbons (Fsp3) is 0.350. The summed E-state index contributed by atoms with van der Waals surface area (Å²) in [6.07, 6.45) is 0. The molecule has 0 radical (unpaired) electrons. The number of aromatic amines is 1. The van der Waals surface area contributed by atoms with Crippen LogP contribution in [0.2, 0.25) is 0 Å². The second-order valence-electron chi connectivity index (χ2n) is 7.31. The van der Waals surface area contributed by atoms with Gasteiger partial charge in [0.25, 0.3) is 11.2 Å². The van der Waals surface area contributed by atoms with E-state index in [1.807, 2.05) is 24.8 Å². The van der Waals surface area contributed by atoms with Crippen LogP contribution in [0.5, 0.6) is 0 Å². The first kappa shape index (κ1) is 20.0. The molecule has 0 aliphatic carbocycles. The number of nitro groups is 1. The number of anilines is 1. The molecule has 1 aliphatic heterocycles. The van der Waals surface area contributed by atoms with Crippen molar-refractivity contribution in [3.8, 4) is 6.07 Å². The number of hydrogen-bond acceptors (Lipinski definition) is 8. The lowest BCUT2D eigenvalue weighted by atomic mass is 10.1. The molecule has 154 valence electrons. The van der Waals surface area contributed by atoms with Crippen molar-refractivity contribution in [3.05, 3.63) is 60.5 Å². The zero-order valence-corrected chi connectivity index (χ0v) is 17.5. The maximum absolute atomic E-state index is 12.5. The molecule has 10 heteroatoms. The van der Waals surface area contributed by atoms with Gasteiger partial charge in [-0.15, -0.1) is 11.3 Å². The number of nitrogens with one attached hydrogen (secondary N) is 1. The van der Waals surface area contributed by atoms with E-state index in [4.69, 9.17) is 5.26 Å². The second kappa shape index (κ2) is 7.85. The number of piperazine rings is 1. The van der Waals surface area contributed by atoms with E-state index in [-0.39, 0.29) is 11.2 Å². The highest BCUT2D eigenvalue weighted by molar-refractivity contribution is 7.18. The van der Waals surface area contributed by atoms with Crippen molar-refractivity contribution in [2.75, 3.05) is 31.1 Å². The molecule has 1 saturated heterocycles. The summed E-state index contributed by atoms with van der Waals surface area (Å²) in [4.78, 5) is 36.9. The molecule has 0 atom stereocenters. The lowest BCUT2D eigenvalue weighted by molar-refractivity contribution is -0.384. The Hall–Kier alpha value is -3.29. The summed E-state index contributed by atoms with van der Waals surface area (Å²) >= 11 is 1.53. The van der Waals surface area contributed by atoms with Crippen LogP contribution in [-0.2, 0) is 6.54 Å². The number of aromatic nitrogens is 2. The molecule has 1 N–H and O–H groups in total. The predicted molar refractivity (Wildman–Crippen MR) is 115 cm³/mol. The molecular formula is C20H20N6O3S. The lowest BCUT2D eigenvalue weighted by Gasteiger charge is -2.35. The average Bonchev–Trinajstić information content (AvgIpc) is 3.02. The van der Waals surface area contributed by atoms with Crippen LogP contribution in [0.25, 0.3) is 10.2 Å². The monoisotopic (exact) mass is 424 g/mol. The number of benzene rings is 1. The molecule has 3 heterocycles. The van der Waals surface area contributed by atoms with Crippen LogP contribution in [0.4, 0.5) is 11.4 Å². The van der Waals surface area contributed by atoms with Crippen LogP contribution in [0.1, 0.15) is 21.8 Å². The molecule has 0 bridgehead atoms. The van der Waals surface area contributed by atoms with Crippen molar-refractivity contribution < 1.29 is 4.92 Å². The SMILES string of the molecule is Cc1sc2nc(CN3CCN(c4cc(C#N)ccc4[N+](=O)[O-])CC3)[nH]c(=O)c2c1C. The minimum absolute atomic E-state index is 0.00216. The van der Waals surface area contributed by atoms with Crippen LogP contribution >= 0.6 is 11.3 Å². The van der Waals surface area contributed by atoms with E-state index in [0.717, 1.165) is 15.3 Å². The number of nitriles is 1. The fourth-order valence-corrected chi connectivity index (χ4v) is 4.78. The molecule has 0 unspecified atom stereocenters. The zero-order chi connectivity index (χ0) is 21.4. The van der Waals surface area contributed by atoms with Crippen LogP contribution < -0.4 is 10.5 Å². The zero-order valence-electron chi connectivity index (χ0n) is 16.6. The van der Waals surface area contributed by atoms with Crippen LogP contribution in [0, 0.1) is 35.3 Å². The maximum atomic E-state index is 12.5. The Labute approximate surface area is 176 Å². The first-order chi connectivity index (χ1) is 14.4. The van der Waals surface area contributed by atoms with E-state index >= 15 is 0 Å². The third-order valence-corrected chi connectivity index (χ3v) is 6.58. The van der Waals surface area contributed by atoms with Gasteiger partial charge in [-0.25, -0.2) is 4.98 Å². The number of fused-ring (bicyclic) bond motifs is 1. The number of H-pyrrole nitrogens is 1. The standard InChI is InChI=1S/C20H20N6O3S/c1-12-13(2)30-20-18(12)19(27)22-17(23-20)11-24-5-7-25(8-6-24)16-9-14(10-21)3-4-15(16)26(28)29/h3-4,9H,5-8,11H2,1-2H3,(H,22,23,27). The maximum Gasteiger partial charge on any atom is 0.292 e. The van der Waals surface area contributed by atoms with Gasteiger partial charge in [0, 0.05) is 37.1 Å². The number of nitro benzene ring substituents is 1. The summed E-state index contributed by atoms with van der Waals surface area (Å²) in [5.74, 6) is 0.625. The Kier molecular flexibility index (Phi) is 5.24. The van der Waals surface area contributed by atoms with Crippen molar-refractivity contribution in [2.45, 2.75) is 20.4 Å². The largest absolute Gasteiger partial charge is 0.363 e. The van der Waals surface area contributed by atoms with E-state index < -0.39 is 4.92 Å². The van der Waals surface area contributed by atoms with Gasteiger partial charge < -0.3 is 9.88 Å². The Morgan fingerprint density at radius 1 is 1.30 bits per heavy atom. The number of nitrogens with zero attached hydrogens (tertiary/aromatic N) is 5. The van der Waals surface area contributed by atoms with Gasteiger partial charge in [0.15, 0.2) is 0 Å². The molecule has 30 heavy (non-hydrogen) atoms. The lowest BCUT2D eigenvalue weighted by Crippen LogP contribution is -2.46. The second-order valence-corrected chi connectivity index (χ2v) is 8.51. The highest BCUT2D eigenvalue weighted by atomic mass is 32.1. The summed E-state index contributed by atoms with van der Waals surface area (Å²) in [5.41, 5.74) is 1.73. The molecule has 3 aromatic rings. The molecule has 0 spiro atoms. The van der Waals surface area contributed by atoms with E-state index in [1.165, 1.54) is 23.5 Å². The molecule has 9 nitrogen and oxygen atoms in total. The van der Waals surface area contributed by atoms with Gasteiger partial charge in [-0.2, -0.15) is 5.26 Å². The molecule has 1 fully saturated rings. The number of aryl methyl sites for hydroxylation is 2. The minimum Gasteiger partial charge on any atom is -0.363 e. The van der Waals surface area contributed by atoms with Crippen molar-refractivity contribution in [3.63, 3.8) is 0 Å². The third kappa shape index (κ3) is 3.65. The van der Waals surface area contributed by atoms with E-state index in [0.29, 0.717) is 55.2 Å². The molecule has 0 amide bonds. The molecule has 4 rings (SSSR count). The van der Waals surface area contributed by atoms with Crippen LogP contribution in [-0.4, -0.2) is 46.0 Å². The molecular weight excluding hydrogens is 404 g/mol. The van der Waals surface area contributed by atoms with E-state index in [2.05, 4.69) is 14.9 Å². The average molecular weight is 424 g/mol. The van der Waals surface area contributed by atoms with E-state index in [9.17, 15) is 14.9 Å². The summed E-state index contributed by atoms with van der Waals surface area (Å²) in [5, 5.41) is 21.2. The first-order valence-electron chi connectivity index (χ1n) is 9.52. The van der Waals surface area contributed by atoms with Gasteiger partial charge in [0.1, 0.15) is 16.3 Å². The van der Waals surface area contributed by atoms with Crippen molar-refractivity contribution in [1.82, 2.24) is 14.9 Å². The molecule has 0 saturated carbocycles. The number of hydrogen-bond donors (Lipinski definition) is 1. The van der Waals surface area contributed by atoms with Gasteiger partial charge in [-0.3, -0.25) is 19.8 Å². The Morgan fingerprint density at radius 2 is 2.03 bits per heavy atom. The quantitative estimate of drug-likeness (QED) is 0.505. The van der Waals surface area contributed by atoms with Gasteiger partial charge in [0.2, 0.25) is 0 Å². The molecule has 2 aromatic heterocycles. The van der Waals surface area contributed by atoms with E-state index in [1.54, 1.807) is 6.07 Å². The highest BCUT2D eigenvalue weighted by Gasteiger charge is 2.25. The third-order valence-electron chi connectivity index (χ3n) is 5.48. The first-order valence-corrected chi connectivity index (χ1v) is 10.3. The summed E-state index contributed by atoms with van der Waals surface area (Å²) < 4.78 is 0. The van der Waals surface area contributed by atoms with Gasteiger partial charge in [0.05, 0.1) is 28.5 Å². The Balaban J connectivity index is 1.50. The predicted octanol–water partition coefficient (Wildman–Crippen LogP) is 2.70. The van der Waals surface area contributed by atoms with Crippen LogP contribution in [0.3, 0.4) is 0 Å². The fourth-order valence-electron chi connectivity index (χ4n) is 3.73. The number of thiophene rings is 1. The smallest absolute Gasteiger partial charge is 0.292 e. The summed E-state index contributed by atoms with van der Waals surface area (Å²) in [6, 6.07) is 6.46.